The maximum atomic E-state index is 12.8. The van der Waals surface area contributed by atoms with Gasteiger partial charge < -0.3 is 23.9 Å². The van der Waals surface area contributed by atoms with Gasteiger partial charge in [-0.2, -0.15) is 0 Å². The highest BCUT2D eigenvalue weighted by molar-refractivity contribution is 5.83. The second-order valence-electron chi connectivity index (χ2n) is 7.26. The minimum Gasteiger partial charge on any atom is -0.484 e. The van der Waals surface area contributed by atoms with Crippen LogP contribution in [0, 0.1) is 0 Å². The molecule has 0 saturated heterocycles. The van der Waals surface area contributed by atoms with E-state index in [9.17, 15) is 9.59 Å². The molecular formula is C25H19NO6. The molecule has 1 aliphatic rings. The third-order valence-electron chi connectivity index (χ3n) is 5.13. The van der Waals surface area contributed by atoms with E-state index in [0.29, 0.717) is 40.3 Å². The summed E-state index contributed by atoms with van der Waals surface area (Å²) >= 11 is 0. The number of nitrogens with one attached hydrogen (secondary N) is 1. The first kappa shape index (κ1) is 19.7. The third kappa shape index (κ3) is 4.00. The van der Waals surface area contributed by atoms with Gasteiger partial charge in [0.25, 0.3) is 5.91 Å². The number of amides is 1. The van der Waals surface area contributed by atoms with E-state index >= 15 is 0 Å². The smallest absolute Gasteiger partial charge is 0.258 e. The van der Waals surface area contributed by atoms with Crippen LogP contribution in [-0.2, 0) is 11.3 Å². The topological polar surface area (TPSA) is 87.0 Å². The molecule has 3 aromatic carbocycles. The summed E-state index contributed by atoms with van der Waals surface area (Å²) in [5.41, 5.74) is 2.46. The van der Waals surface area contributed by atoms with Crippen molar-refractivity contribution >= 4 is 16.9 Å². The number of carbonyl (C=O) groups excluding carboxylic acids is 1. The van der Waals surface area contributed by atoms with E-state index < -0.39 is 0 Å². The molecule has 0 fully saturated rings. The van der Waals surface area contributed by atoms with Crippen molar-refractivity contribution in [3.05, 3.63) is 88.8 Å². The highest BCUT2D eigenvalue weighted by Gasteiger charge is 2.14. The number of rotatable bonds is 6. The average Bonchev–Trinajstić information content (AvgIpc) is 3.30. The SMILES string of the molecule is O=C(COc1ccc2c(=O)c(-c3ccccc3)coc2c1)NCc1ccc2c(c1)OCO2. The van der Waals surface area contributed by atoms with Crippen LogP contribution in [0.15, 0.2) is 82.2 Å². The molecular weight excluding hydrogens is 410 g/mol. The van der Waals surface area contributed by atoms with Crippen molar-refractivity contribution in [2.75, 3.05) is 13.4 Å². The molecule has 0 radical (unpaired) electrons. The summed E-state index contributed by atoms with van der Waals surface area (Å²) in [6.45, 7) is 0.383. The molecule has 0 saturated carbocycles. The van der Waals surface area contributed by atoms with Crippen LogP contribution in [-0.4, -0.2) is 19.3 Å². The Morgan fingerprint density at radius 2 is 1.81 bits per heavy atom. The Balaban J connectivity index is 1.22. The van der Waals surface area contributed by atoms with Crippen LogP contribution in [0.2, 0.25) is 0 Å². The molecule has 0 atom stereocenters. The summed E-state index contributed by atoms with van der Waals surface area (Å²) in [7, 11) is 0. The summed E-state index contributed by atoms with van der Waals surface area (Å²) in [4.78, 5) is 25.0. The highest BCUT2D eigenvalue weighted by atomic mass is 16.7. The van der Waals surface area contributed by atoms with E-state index in [1.54, 1.807) is 18.2 Å². The Kier molecular flexibility index (Phi) is 5.21. The second-order valence-corrected chi connectivity index (χ2v) is 7.26. The van der Waals surface area contributed by atoms with Crippen molar-refractivity contribution in [1.82, 2.24) is 5.32 Å². The van der Waals surface area contributed by atoms with E-state index in [4.69, 9.17) is 18.6 Å². The fraction of sp³-hybridized carbons (Fsp3) is 0.120. The monoisotopic (exact) mass is 429 g/mol. The van der Waals surface area contributed by atoms with E-state index in [-0.39, 0.29) is 24.7 Å². The number of carbonyl (C=O) groups is 1. The molecule has 160 valence electrons. The molecule has 7 heteroatoms. The highest BCUT2D eigenvalue weighted by Crippen LogP contribution is 2.32. The third-order valence-corrected chi connectivity index (χ3v) is 5.13. The molecule has 7 nitrogen and oxygen atoms in total. The van der Waals surface area contributed by atoms with Crippen molar-refractivity contribution in [3.8, 4) is 28.4 Å². The minimum atomic E-state index is -0.274. The van der Waals surface area contributed by atoms with Crippen LogP contribution in [0.4, 0.5) is 0 Å². The Morgan fingerprint density at radius 1 is 0.969 bits per heavy atom. The standard InChI is InChI=1S/C25H19NO6/c27-24(26-12-16-6-9-21-23(10-16)32-15-31-21)14-29-18-7-8-19-22(11-18)30-13-20(25(19)28)17-4-2-1-3-5-17/h1-11,13H,12,14-15H2,(H,26,27). The van der Waals surface area contributed by atoms with Crippen LogP contribution in [0.1, 0.15) is 5.56 Å². The van der Waals surface area contributed by atoms with Gasteiger partial charge in [-0.15, -0.1) is 0 Å². The van der Waals surface area contributed by atoms with Gasteiger partial charge in [0.05, 0.1) is 10.9 Å². The number of hydrogen-bond donors (Lipinski definition) is 1. The molecule has 1 aromatic heterocycles. The first-order valence-corrected chi connectivity index (χ1v) is 10.1. The predicted molar refractivity (Wildman–Crippen MR) is 118 cm³/mol. The lowest BCUT2D eigenvalue weighted by molar-refractivity contribution is -0.123. The molecule has 5 rings (SSSR count). The van der Waals surface area contributed by atoms with Crippen LogP contribution in [0.3, 0.4) is 0 Å². The van der Waals surface area contributed by atoms with Crippen molar-refractivity contribution in [2.45, 2.75) is 6.54 Å². The summed E-state index contributed by atoms with van der Waals surface area (Å²) in [6.07, 6.45) is 1.45. The lowest BCUT2D eigenvalue weighted by atomic mass is 10.1. The van der Waals surface area contributed by atoms with Crippen LogP contribution in [0.25, 0.3) is 22.1 Å². The second kappa shape index (κ2) is 8.47. The predicted octanol–water partition coefficient (Wildman–Crippen LogP) is 3.88. The first-order chi connectivity index (χ1) is 15.7. The maximum Gasteiger partial charge on any atom is 0.258 e. The molecule has 2 heterocycles. The van der Waals surface area contributed by atoms with E-state index in [0.717, 1.165) is 11.1 Å². The van der Waals surface area contributed by atoms with Gasteiger partial charge in [-0.3, -0.25) is 9.59 Å². The van der Waals surface area contributed by atoms with Crippen LogP contribution < -0.4 is 25.0 Å². The van der Waals surface area contributed by atoms with Gasteiger partial charge in [-0.25, -0.2) is 0 Å². The number of benzene rings is 3. The number of hydrogen-bond acceptors (Lipinski definition) is 6. The van der Waals surface area contributed by atoms with Gasteiger partial charge in [-0.05, 0) is 35.4 Å². The van der Waals surface area contributed by atoms with Crippen molar-refractivity contribution in [1.29, 1.82) is 0 Å². The fourth-order valence-electron chi connectivity index (χ4n) is 3.47. The van der Waals surface area contributed by atoms with Crippen molar-refractivity contribution in [2.24, 2.45) is 0 Å². The lowest BCUT2D eigenvalue weighted by Gasteiger charge is -2.09. The Hall–Kier alpha value is -4.26. The summed E-state index contributed by atoms with van der Waals surface area (Å²) in [5.74, 6) is 1.53. The summed E-state index contributed by atoms with van der Waals surface area (Å²) in [5, 5.41) is 3.25. The van der Waals surface area contributed by atoms with Gasteiger partial charge in [0, 0.05) is 12.6 Å². The number of ether oxygens (including phenoxy) is 3. The van der Waals surface area contributed by atoms with Crippen LogP contribution in [0.5, 0.6) is 17.2 Å². The molecule has 0 unspecified atom stereocenters. The fourth-order valence-corrected chi connectivity index (χ4v) is 3.47. The Labute approximate surface area is 183 Å². The minimum absolute atomic E-state index is 0.120. The van der Waals surface area contributed by atoms with Crippen LogP contribution >= 0.6 is 0 Å². The molecule has 1 aliphatic heterocycles. The van der Waals surface area contributed by atoms with Gasteiger partial charge in [0.1, 0.15) is 17.6 Å². The molecule has 0 bridgehead atoms. The van der Waals surface area contributed by atoms with Gasteiger partial charge >= 0.3 is 0 Å². The van der Waals surface area contributed by atoms with E-state index in [1.807, 2.05) is 48.5 Å². The molecule has 1 N–H and O–H groups in total. The van der Waals surface area contributed by atoms with Gasteiger partial charge in [0.2, 0.25) is 6.79 Å². The van der Waals surface area contributed by atoms with E-state index in [1.165, 1.54) is 6.26 Å². The lowest BCUT2D eigenvalue weighted by Crippen LogP contribution is -2.28. The zero-order chi connectivity index (χ0) is 21.9. The molecule has 1 amide bonds. The zero-order valence-corrected chi connectivity index (χ0v) is 17.0. The quantitative estimate of drug-likeness (QED) is 0.501. The molecule has 32 heavy (non-hydrogen) atoms. The van der Waals surface area contributed by atoms with Gasteiger partial charge in [-0.1, -0.05) is 36.4 Å². The normalized spacial score (nSPS) is 12.0. The van der Waals surface area contributed by atoms with E-state index in [2.05, 4.69) is 5.32 Å². The first-order valence-electron chi connectivity index (χ1n) is 10.1. The molecule has 0 aliphatic carbocycles. The van der Waals surface area contributed by atoms with Crippen molar-refractivity contribution < 1.29 is 23.4 Å². The molecule has 0 spiro atoms. The Morgan fingerprint density at radius 3 is 2.69 bits per heavy atom. The van der Waals surface area contributed by atoms with Gasteiger partial charge in [0.15, 0.2) is 23.5 Å². The molecule has 4 aromatic rings. The maximum absolute atomic E-state index is 12.8. The summed E-state index contributed by atoms with van der Waals surface area (Å²) < 4.78 is 21.9. The summed E-state index contributed by atoms with van der Waals surface area (Å²) in [6, 6.07) is 19.8. The number of fused-ring (bicyclic) bond motifs is 2. The average molecular weight is 429 g/mol. The zero-order valence-electron chi connectivity index (χ0n) is 17.0. The van der Waals surface area contributed by atoms with Crippen molar-refractivity contribution in [3.63, 3.8) is 0 Å². The largest absolute Gasteiger partial charge is 0.484 e. The Bertz CT molecular complexity index is 1350.